The SMILES string of the molecule is CC(C)c1nn(C)c(Sc2cc3ccccc3[nH]2)c1N. The van der Waals surface area contributed by atoms with Gasteiger partial charge in [0, 0.05) is 18.0 Å². The van der Waals surface area contributed by atoms with Crippen LogP contribution in [0, 0.1) is 0 Å². The zero-order valence-corrected chi connectivity index (χ0v) is 12.7. The van der Waals surface area contributed by atoms with Crippen molar-refractivity contribution in [3.8, 4) is 0 Å². The van der Waals surface area contributed by atoms with Crippen LogP contribution in [0.15, 0.2) is 40.4 Å². The first kappa shape index (κ1) is 13.1. The molecule has 104 valence electrons. The highest BCUT2D eigenvalue weighted by atomic mass is 32.2. The third-order valence-electron chi connectivity index (χ3n) is 3.32. The number of nitrogens with two attached hydrogens (primary N) is 1. The number of hydrogen-bond acceptors (Lipinski definition) is 3. The molecule has 3 rings (SSSR count). The van der Waals surface area contributed by atoms with Gasteiger partial charge in [-0.3, -0.25) is 4.68 Å². The van der Waals surface area contributed by atoms with Crippen molar-refractivity contribution in [1.82, 2.24) is 14.8 Å². The molecule has 0 fully saturated rings. The monoisotopic (exact) mass is 286 g/mol. The number of aromatic nitrogens is 3. The molecule has 20 heavy (non-hydrogen) atoms. The van der Waals surface area contributed by atoms with Crippen molar-refractivity contribution in [2.45, 2.75) is 29.8 Å². The lowest BCUT2D eigenvalue weighted by Crippen LogP contribution is -1.94. The fraction of sp³-hybridized carbons (Fsp3) is 0.267. The molecule has 0 bridgehead atoms. The number of nitrogen functional groups attached to an aromatic ring is 1. The molecular weight excluding hydrogens is 268 g/mol. The van der Waals surface area contributed by atoms with Crippen molar-refractivity contribution in [3.63, 3.8) is 0 Å². The molecule has 0 spiro atoms. The number of benzene rings is 1. The second-order valence-electron chi connectivity index (χ2n) is 5.21. The minimum absolute atomic E-state index is 0.332. The van der Waals surface area contributed by atoms with Gasteiger partial charge in [0.15, 0.2) is 0 Å². The molecule has 3 aromatic rings. The summed E-state index contributed by atoms with van der Waals surface area (Å²) >= 11 is 1.62. The molecule has 0 aliphatic heterocycles. The van der Waals surface area contributed by atoms with Gasteiger partial charge in [-0.05, 0) is 18.1 Å². The highest BCUT2D eigenvalue weighted by Crippen LogP contribution is 2.36. The molecule has 0 amide bonds. The van der Waals surface area contributed by atoms with Crippen molar-refractivity contribution >= 4 is 28.4 Å². The average molecular weight is 286 g/mol. The second-order valence-corrected chi connectivity index (χ2v) is 6.24. The number of aryl methyl sites for hydroxylation is 1. The summed E-state index contributed by atoms with van der Waals surface area (Å²) in [6.45, 7) is 4.21. The molecule has 0 aliphatic carbocycles. The predicted molar refractivity (Wildman–Crippen MR) is 84.1 cm³/mol. The number of anilines is 1. The van der Waals surface area contributed by atoms with E-state index in [4.69, 9.17) is 5.73 Å². The van der Waals surface area contributed by atoms with E-state index in [1.807, 2.05) is 23.9 Å². The molecule has 0 unspecified atom stereocenters. The highest BCUT2D eigenvalue weighted by molar-refractivity contribution is 7.99. The summed E-state index contributed by atoms with van der Waals surface area (Å²) in [5, 5.41) is 7.79. The van der Waals surface area contributed by atoms with Crippen LogP contribution in [-0.4, -0.2) is 14.8 Å². The van der Waals surface area contributed by atoms with E-state index in [1.165, 1.54) is 5.39 Å². The molecule has 2 heterocycles. The lowest BCUT2D eigenvalue weighted by Gasteiger charge is -2.02. The lowest BCUT2D eigenvalue weighted by atomic mass is 10.1. The third kappa shape index (κ3) is 2.18. The van der Waals surface area contributed by atoms with Gasteiger partial charge in [0.2, 0.25) is 0 Å². The lowest BCUT2D eigenvalue weighted by molar-refractivity contribution is 0.670. The maximum Gasteiger partial charge on any atom is 0.123 e. The van der Waals surface area contributed by atoms with Gasteiger partial charge < -0.3 is 10.7 Å². The van der Waals surface area contributed by atoms with Crippen molar-refractivity contribution in [2.75, 3.05) is 5.73 Å². The normalized spacial score (nSPS) is 11.6. The van der Waals surface area contributed by atoms with Crippen LogP contribution in [0.2, 0.25) is 0 Å². The third-order valence-corrected chi connectivity index (χ3v) is 4.43. The molecule has 0 saturated carbocycles. The maximum absolute atomic E-state index is 6.23. The molecule has 2 aromatic heterocycles. The quantitative estimate of drug-likeness (QED) is 0.770. The summed E-state index contributed by atoms with van der Waals surface area (Å²) in [6, 6.07) is 10.4. The Labute approximate surface area is 122 Å². The van der Waals surface area contributed by atoms with Gasteiger partial charge >= 0.3 is 0 Å². The number of nitrogens with zero attached hydrogens (tertiary/aromatic N) is 2. The van der Waals surface area contributed by atoms with Gasteiger partial charge in [0.1, 0.15) is 5.03 Å². The first-order valence-electron chi connectivity index (χ1n) is 6.64. The maximum atomic E-state index is 6.23. The first-order chi connectivity index (χ1) is 9.56. The number of para-hydroxylation sites is 1. The predicted octanol–water partition coefficient (Wildman–Crippen LogP) is 3.76. The Morgan fingerprint density at radius 3 is 2.70 bits per heavy atom. The summed E-state index contributed by atoms with van der Waals surface area (Å²) in [7, 11) is 1.94. The molecule has 1 aromatic carbocycles. The van der Waals surface area contributed by atoms with Crippen molar-refractivity contribution in [3.05, 3.63) is 36.0 Å². The largest absolute Gasteiger partial charge is 0.395 e. The standard InChI is InChI=1S/C15H18N4S/c1-9(2)14-13(16)15(19(3)18-14)20-12-8-10-6-4-5-7-11(10)17-12/h4-9,17H,16H2,1-3H3. The Kier molecular flexibility index (Phi) is 3.22. The molecule has 0 saturated heterocycles. The molecular formula is C15H18N4S. The van der Waals surface area contributed by atoms with Gasteiger partial charge in [0.05, 0.1) is 16.4 Å². The van der Waals surface area contributed by atoms with Gasteiger partial charge in [-0.2, -0.15) is 5.10 Å². The van der Waals surface area contributed by atoms with E-state index in [2.05, 4.69) is 42.1 Å². The number of fused-ring (bicyclic) bond motifs is 1. The number of H-pyrrole nitrogens is 1. The summed E-state index contributed by atoms with van der Waals surface area (Å²) in [5.74, 6) is 0.332. The van der Waals surface area contributed by atoms with Gasteiger partial charge in [-0.1, -0.05) is 43.8 Å². The second kappa shape index (κ2) is 4.90. The van der Waals surface area contributed by atoms with Crippen LogP contribution in [0.25, 0.3) is 10.9 Å². The molecule has 0 radical (unpaired) electrons. The smallest absolute Gasteiger partial charge is 0.123 e. The number of aromatic amines is 1. The topological polar surface area (TPSA) is 59.6 Å². The fourth-order valence-corrected chi connectivity index (χ4v) is 3.24. The van der Waals surface area contributed by atoms with Crippen LogP contribution in [0.1, 0.15) is 25.5 Å². The number of nitrogens with one attached hydrogen (secondary N) is 1. The van der Waals surface area contributed by atoms with Gasteiger partial charge in [0.25, 0.3) is 0 Å². The summed E-state index contributed by atoms with van der Waals surface area (Å²) in [5.41, 5.74) is 9.12. The van der Waals surface area contributed by atoms with E-state index in [9.17, 15) is 0 Å². The van der Waals surface area contributed by atoms with E-state index in [1.54, 1.807) is 11.8 Å². The van der Waals surface area contributed by atoms with E-state index in [0.29, 0.717) is 5.92 Å². The minimum atomic E-state index is 0.332. The first-order valence-corrected chi connectivity index (χ1v) is 7.46. The minimum Gasteiger partial charge on any atom is -0.395 e. The van der Waals surface area contributed by atoms with E-state index < -0.39 is 0 Å². The van der Waals surface area contributed by atoms with Crippen molar-refractivity contribution in [2.24, 2.45) is 7.05 Å². The molecule has 0 atom stereocenters. The number of rotatable bonds is 3. The Balaban J connectivity index is 1.98. The van der Waals surface area contributed by atoms with Crippen molar-refractivity contribution < 1.29 is 0 Å². The van der Waals surface area contributed by atoms with Crippen LogP contribution < -0.4 is 5.73 Å². The average Bonchev–Trinajstić information content (AvgIpc) is 2.94. The van der Waals surface area contributed by atoms with E-state index in [-0.39, 0.29) is 0 Å². The summed E-state index contributed by atoms with van der Waals surface area (Å²) in [6.07, 6.45) is 0. The van der Waals surface area contributed by atoms with Crippen molar-refractivity contribution in [1.29, 1.82) is 0 Å². The van der Waals surface area contributed by atoms with Crippen LogP contribution in [0.5, 0.6) is 0 Å². The Morgan fingerprint density at radius 1 is 1.30 bits per heavy atom. The zero-order chi connectivity index (χ0) is 14.3. The van der Waals surface area contributed by atoms with Crippen LogP contribution >= 0.6 is 11.8 Å². The van der Waals surface area contributed by atoms with E-state index in [0.717, 1.165) is 26.9 Å². The van der Waals surface area contributed by atoms with Gasteiger partial charge in [-0.15, -0.1) is 0 Å². The summed E-state index contributed by atoms with van der Waals surface area (Å²) in [4.78, 5) is 3.40. The van der Waals surface area contributed by atoms with E-state index >= 15 is 0 Å². The molecule has 5 heteroatoms. The Hall–Kier alpha value is -1.88. The van der Waals surface area contributed by atoms with Crippen LogP contribution in [-0.2, 0) is 7.05 Å². The zero-order valence-electron chi connectivity index (χ0n) is 11.8. The number of hydrogen-bond donors (Lipinski definition) is 2. The fourth-order valence-electron chi connectivity index (χ4n) is 2.30. The van der Waals surface area contributed by atoms with Gasteiger partial charge in [-0.25, -0.2) is 0 Å². The Morgan fingerprint density at radius 2 is 2.05 bits per heavy atom. The summed E-state index contributed by atoms with van der Waals surface area (Å²) < 4.78 is 1.86. The Bertz CT molecular complexity index is 721. The highest BCUT2D eigenvalue weighted by Gasteiger charge is 2.17. The molecule has 4 nitrogen and oxygen atoms in total. The van der Waals surface area contributed by atoms with Crippen LogP contribution in [0.4, 0.5) is 5.69 Å². The van der Waals surface area contributed by atoms with Crippen LogP contribution in [0.3, 0.4) is 0 Å². The molecule has 3 N–H and O–H groups in total. The molecule has 0 aliphatic rings.